The van der Waals surface area contributed by atoms with Gasteiger partial charge in [-0.15, -0.1) is 0 Å². The van der Waals surface area contributed by atoms with Gasteiger partial charge in [0.1, 0.15) is 5.54 Å². The SMILES string of the molecule is CCCCCSCC(C)(NC)C(N)=O. The number of primary amides is 1. The van der Waals surface area contributed by atoms with Gasteiger partial charge < -0.3 is 11.1 Å². The van der Waals surface area contributed by atoms with Crippen molar-refractivity contribution in [1.29, 1.82) is 0 Å². The van der Waals surface area contributed by atoms with E-state index in [2.05, 4.69) is 12.2 Å². The highest BCUT2D eigenvalue weighted by Gasteiger charge is 2.28. The molecule has 0 aromatic heterocycles. The Bertz CT molecular complexity index is 176. The van der Waals surface area contributed by atoms with Gasteiger partial charge in [-0.1, -0.05) is 19.8 Å². The van der Waals surface area contributed by atoms with Gasteiger partial charge in [-0.25, -0.2) is 0 Å². The molecule has 0 spiro atoms. The van der Waals surface area contributed by atoms with Crippen molar-refractivity contribution >= 4 is 17.7 Å². The van der Waals surface area contributed by atoms with Crippen molar-refractivity contribution in [3.05, 3.63) is 0 Å². The maximum Gasteiger partial charge on any atom is 0.238 e. The molecule has 0 rings (SSSR count). The van der Waals surface area contributed by atoms with Crippen LogP contribution in [-0.4, -0.2) is 30.0 Å². The topological polar surface area (TPSA) is 55.1 Å². The average molecular weight is 218 g/mol. The first-order valence-electron chi connectivity index (χ1n) is 5.13. The Hall–Kier alpha value is -0.220. The first-order valence-corrected chi connectivity index (χ1v) is 6.29. The Labute approximate surface area is 91.2 Å². The van der Waals surface area contributed by atoms with Gasteiger partial charge in [0.2, 0.25) is 5.91 Å². The van der Waals surface area contributed by atoms with Crippen LogP contribution in [-0.2, 0) is 4.79 Å². The predicted octanol–water partition coefficient (Wildman–Crippen LogP) is 1.37. The third-order valence-electron chi connectivity index (χ3n) is 2.38. The van der Waals surface area contributed by atoms with Crippen LogP contribution in [0.15, 0.2) is 0 Å². The summed E-state index contributed by atoms with van der Waals surface area (Å²) in [5.74, 6) is 1.59. The lowest BCUT2D eigenvalue weighted by atomic mass is 10.1. The minimum Gasteiger partial charge on any atom is -0.368 e. The largest absolute Gasteiger partial charge is 0.368 e. The van der Waals surface area contributed by atoms with E-state index in [0.29, 0.717) is 0 Å². The molecule has 1 amide bonds. The number of thioether (sulfide) groups is 1. The second kappa shape index (κ2) is 7.12. The highest BCUT2D eigenvalue weighted by atomic mass is 32.2. The molecule has 1 unspecified atom stereocenters. The molecule has 0 fully saturated rings. The number of carbonyl (C=O) groups is 1. The van der Waals surface area contributed by atoms with Crippen molar-refractivity contribution in [3.8, 4) is 0 Å². The molecule has 84 valence electrons. The number of likely N-dealkylation sites (N-methyl/N-ethyl adjacent to an activating group) is 1. The van der Waals surface area contributed by atoms with Crippen molar-refractivity contribution in [2.24, 2.45) is 5.73 Å². The molecule has 0 heterocycles. The van der Waals surface area contributed by atoms with Crippen molar-refractivity contribution in [1.82, 2.24) is 5.32 Å². The van der Waals surface area contributed by atoms with Crippen LogP contribution in [0, 0.1) is 0 Å². The van der Waals surface area contributed by atoms with E-state index >= 15 is 0 Å². The van der Waals surface area contributed by atoms with Crippen LogP contribution in [0.5, 0.6) is 0 Å². The molecule has 3 N–H and O–H groups in total. The molecule has 0 saturated carbocycles. The van der Waals surface area contributed by atoms with Gasteiger partial charge in [0.15, 0.2) is 0 Å². The molecule has 0 bridgehead atoms. The van der Waals surface area contributed by atoms with E-state index < -0.39 is 5.54 Å². The summed E-state index contributed by atoms with van der Waals surface area (Å²) >= 11 is 1.79. The zero-order valence-corrected chi connectivity index (χ0v) is 10.2. The summed E-state index contributed by atoms with van der Waals surface area (Å²) in [5, 5.41) is 2.97. The Kier molecular flexibility index (Phi) is 7.01. The van der Waals surface area contributed by atoms with E-state index in [4.69, 9.17) is 5.73 Å². The molecule has 1 atom stereocenters. The standard InChI is InChI=1S/C10H22N2OS/c1-4-5-6-7-14-8-10(2,12-3)9(11)13/h12H,4-8H2,1-3H3,(H2,11,13). The fraction of sp³-hybridized carbons (Fsp3) is 0.900. The van der Waals surface area contributed by atoms with Crippen LogP contribution < -0.4 is 11.1 Å². The van der Waals surface area contributed by atoms with Gasteiger partial charge in [0.25, 0.3) is 0 Å². The van der Waals surface area contributed by atoms with Gasteiger partial charge in [0.05, 0.1) is 0 Å². The van der Waals surface area contributed by atoms with Crippen molar-refractivity contribution < 1.29 is 4.79 Å². The van der Waals surface area contributed by atoms with Gasteiger partial charge in [-0.3, -0.25) is 4.79 Å². The smallest absolute Gasteiger partial charge is 0.238 e. The summed E-state index contributed by atoms with van der Waals surface area (Å²) in [6, 6.07) is 0. The van der Waals surface area contributed by atoms with Crippen LogP contribution >= 0.6 is 11.8 Å². The average Bonchev–Trinajstić information content (AvgIpc) is 2.17. The zero-order chi connectivity index (χ0) is 11.0. The predicted molar refractivity (Wildman–Crippen MR) is 63.5 cm³/mol. The fourth-order valence-corrected chi connectivity index (χ4v) is 2.24. The van der Waals surface area contributed by atoms with Crippen molar-refractivity contribution in [3.63, 3.8) is 0 Å². The maximum atomic E-state index is 11.1. The molecule has 0 aliphatic rings. The van der Waals surface area contributed by atoms with E-state index in [9.17, 15) is 4.79 Å². The number of nitrogens with two attached hydrogens (primary N) is 1. The number of hydrogen-bond acceptors (Lipinski definition) is 3. The van der Waals surface area contributed by atoms with E-state index in [1.807, 2.05) is 6.92 Å². The van der Waals surface area contributed by atoms with Crippen LogP contribution in [0.2, 0.25) is 0 Å². The lowest BCUT2D eigenvalue weighted by Gasteiger charge is -2.24. The number of amides is 1. The summed E-state index contributed by atoms with van der Waals surface area (Å²) in [7, 11) is 1.78. The normalized spacial score (nSPS) is 15.1. The Morgan fingerprint density at radius 3 is 2.57 bits per heavy atom. The molecule has 0 aromatic rings. The third kappa shape index (κ3) is 4.86. The van der Waals surface area contributed by atoms with Crippen molar-refractivity contribution in [2.75, 3.05) is 18.6 Å². The van der Waals surface area contributed by atoms with Gasteiger partial charge in [-0.05, 0) is 26.1 Å². The monoisotopic (exact) mass is 218 g/mol. The second-order valence-corrected chi connectivity index (χ2v) is 4.81. The summed E-state index contributed by atoms with van der Waals surface area (Å²) in [4.78, 5) is 11.1. The molecule has 0 aliphatic heterocycles. The molecule has 3 nitrogen and oxygen atoms in total. The molecule has 0 aliphatic carbocycles. The number of hydrogen-bond donors (Lipinski definition) is 2. The minimum atomic E-state index is -0.559. The lowest BCUT2D eigenvalue weighted by molar-refractivity contribution is -0.122. The third-order valence-corrected chi connectivity index (χ3v) is 3.74. The van der Waals surface area contributed by atoms with E-state index in [1.165, 1.54) is 19.3 Å². The van der Waals surface area contributed by atoms with E-state index in [1.54, 1.807) is 18.8 Å². The zero-order valence-electron chi connectivity index (χ0n) is 9.43. The summed E-state index contributed by atoms with van der Waals surface area (Å²) in [6.07, 6.45) is 3.72. The Balaban J connectivity index is 3.68. The summed E-state index contributed by atoms with van der Waals surface area (Å²) in [5.41, 5.74) is 4.75. The molecule has 0 aromatic carbocycles. The first-order chi connectivity index (χ1) is 6.56. The highest BCUT2D eigenvalue weighted by molar-refractivity contribution is 7.99. The number of rotatable bonds is 8. The fourth-order valence-electron chi connectivity index (χ4n) is 0.997. The van der Waals surface area contributed by atoms with Crippen LogP contribution in [0.25, 0.3) is 0 Å². The van der Waals surface area contributed by atoms with E-state index in [-0.39, 0.29) is 5.91 Å². The van der Waals surface area contributed by atoms with Crippen LogP contribution in [0.1, 0.15) is 33.1 Å². The van der Waals surface area contributed by atoms with Gasteiger partial charge in [0, 0.05) is 5.75 Å². The molecular weight excluding hydrogens is 196 g/mol. The maximum absolute atomic E-state index is 11.1. The second-order valence-electron chi connectivity index (χ2n) is 3.71. The first kappa shape index (κ1) is 13.8. The van der Waals surface area contributed by atoms with E-state index in [0.717, 1.165) is 11.5 Å². The van der Waals surface area contributed by atoms with Gasteiger partial charge in [-0.2, -0.15) is 11.8 Å². The number of unbranched alkanes of at least 4 members (excludes halogenated alkanes) is 2. The Morgan fingerprint density at radius 1 is 1.50 bits per heavy atom. The molecule has 4 heteroatoms. The lowest BCUT2D eigenvalue weighted by Crippen LogP contribution is -2.53. The van der Waals surface area contributed by atoms with Crippen LogP contribution in [0.3, 0.4) is 0 Å². The quantitative estimate of drug-likeness (QED) is 0.605. The molecule has 0 radical (unpaired) electrons. The number of nitrogens with one attached hydrogen (secondary N) is 1. The summed E-state index contributed by atoms with van der Waals surface area (Å²) < 4.78 is 0. The molecule has 14 heavy (non-hydrogen) atoms. The Morgan fingerprint density at radius 2 is 2.14 bits per heavy atom. The van der Waals surface area contributed by atoms with Crippen LogP contribution in [0.4, 0.5) is 0 Å². The molecular formula is C10H22N2OS. The van der Waals surface area contributed by atoms with Gasteiger partial charge >= 0.3 is 0 Å². The minimum absolute atomic E-state index is 0.275. The highest BCUT2D eigenvalue weighted by Crippen LogP contribution is 2.14. The number of carbonyl (C=O) groups excluding carboxylic acids is 1. The molecule has 0 saturated heterocycles. The van der Waals surface area contributed by atoms with Crippen molar-refractivity contribution in [2.45, 2.75) is 38.6 Å². The summed E-state index contributed by atoms with van der Waals surface area (Å²) in [6.45, 7) is 4.04.